The van der Waals surface area contributed by atoms with Gasteiger partial charge < -0.3 is 35.4 Å². The van der Waals surface area contributed by atoms with Crippen LogP contribution < -0.4 is 25.4 Å². The number of halogens is 8. The van der Waals surface area contributed by atoms with E-state index in [0.29, 0.717) is 59.3 Å². The van der Waals surface area contributed by atoms with Crippen LogP contribution >= 0.6 is 0 Å². The molecule has 4 saturated heterocycles. The van der Waals surface area contributed by atoms with Crippen LogP contribution in [-0.4, -0.2) is 165 Å². The number of benzene rings is 4. The summed E-state index contributed by atoms with van der Waals surface area (Å²) in [7, 11) is -7.56. The molecule has 4 fully saturated rings. The Balaban J connectivity index is 0.000000207. The Morgan fingerprint density at radius 3 is 1.57 bits per heavy atom. The molecule has 0 bridgehead atoms. The van der Waals surface area contributed by atoms with Gasteiger partial charge in [0.1, 0.15) is 46.6 Å². The fourth-order valence-corrected chi connectivity index (χ4v) is 13.7. The Kier molecular flexibility index (Phi) is 19.7. The molecular formula is C58H64F8N8O11S2. The molecule has 29 heteroatoms. The number of ether oxygens (including phenoxy) is 2. The lowest BCUT2D eigenvalue weighted by Crippen LogP contribution is -2.50. The van der Waals surface area contributed by atoms with Crippen molar-refractivity contribution < 1.29 is 85.7 Å². The first kappa shape index (κ1) is 65.6. The van der Waals surface area contributed by atoms with Crippen molar-refractivity contribution >= 4 is 61.5 Å². The third-order valence-electron chi connectivity index (χ3n) is 15.7. The molecule has 19 nitrogen and oxygen atoms in total. The van der Waals surface area contributed by atoms with Crippen molar-refractivity contribution in [3.05, 3.63) is 134 Å². The number of aromatic carboxylic acids is 1. The van der Waals surface area contributed by atoms with E-state index in [0.717, 1.165) is 41.8 Å². The molecule has 0 unspecified atom stereocenters. The van der Waals surface area contributed by atoms with E-state index in [2.05, 4.69) is 35.4 Å². The van der Waals surface area contributed by atoms with Crippen molar-refractivity contribution in [3.63, 3.8) is 0 Å². The van der Waals surface area contributed by atoms with Crippen molar-refractivity contribution in [2.75, 3.05) is 58.1 Å². The number of rotatable bonds is 13. The second-order valence-corrected chi connectivity index (χ2v) is 25.8. The van der Waals surface area contributed by atoms with Crippen LogP contribution in [0, 0.1) is 27.7 Å². The second-order valence-electron chi connectivity index (χ2n) is 21.9. The zero-order chi connectivity index (χ0) is 63.4. The molecule has 10 rings (SSSR count). The van der Waals surface area contributed by atoms with Crippen LogP contribution in [0.25, 0.3) is 6.08 Å². The number of piperidine rings is 2. The minimum absolute atomic E-state index is 0.00486. The quantitative estimate of drug-likeness (QED) is 0.0946. The lowest BCUT2D eigenvalue weighted by atomic mass is 9.89. The summed E-state index contributed by atoms with van der Waals surface area (Å²) in [6, 6.07) is 16.6. The van der Waals surface area contributed by atoms with Gasteiger partial charge in [-0.05, 0) is 167 Å². The molecule has 4 aromatic carbocycles. The molecule has 6 heterocycles. The predicted octanol–water partition coefficient (Wildman–Crippen LogP) is 7.60. The van der Waals surface area contributed by atoms with E-state index in [9.17, 15) is 76.2 Å². The van der Waals surface area contributed by atoms with E-state index in [-0.39, 0.29) is 105 Å². The molecule has 3 amide bonds. The molecule has 2 spiro atoms. The molecule has 0 aliphatic carbocycles. The van der Waals surface area contributed by atoms with Gasteiger partial charge in [0.05, 0.1) is 17.9 Å². The molecule has 87 heavy (non-hydrogen) atoms. The summed E-state index contributed by atoms with van der Waals surface area (Å²) in [4.78, 5) is 60.2. The number of aliphatic imine (C=N–C) groups is 2. The number of aryl methyl sites for hydroxylation is 4. The highest BCUT2D eigenvalue weighted by atomic mass is 32.2. The number of carbonyl (C=O) groups excluding carboxylic acids is 3. The summed E-state index contributed by atoms with van der Waals surface area (Å²) in [6.07, 6.45) is -8.23. The fourth-order valence-electron chi connectivity index (χ4n) is 11.1. The fraction of sp³-hybridized carbons (Fsp3) is 0.448. The van der Waals surface area contributed by atoms with E-state index in [1.54, 1.807) is 39.8 Å². The van der Waals surface area contributed by atoms with Gasteiger partial charge in [-0.2, -0.15) is 4.31 Å². The van der Waals surface area contributed by atoms with Gasteiger partial charge in [0, 0.05) is 61.4 Å². The van der Waals surface area contributed by atoms with Crippen molar-refractivity contribution in [3.8, 4) is 11.5 Å². The lowest BCUT2D eigenvalue weighted by molar-refractivity contribution is -0.275. The summed E-state index contributed by atoms with van der Waals surface area (Å²) in [5.74, 6) is -3.08. The number of carbonyl (C=O) groups is 4. The van der Waals surface area contributed by atoms with E-state index in [4.69, 9.17) is 0 Å². The van der Waals surface area contributed by atoms with Gasteiger partial charge in [-0.25, -0.2) is 34.7 Å². The second kappa shape index (κ2) is 26.2. The molecule has 6 aliphatic rings. The van der Waals surface area contributed by atoms with Crippen LogP contribution in [0.1, 0.15) is 104 Å². The lowest BCUT2D eigenvalue weighted by Gasteiger charge is -2.34. The van der Waals surface area contributed by atoms with Crippen LogP contribution in [0.5, 0.6) is 11.5 Å². The van der Waals surface area contributed by atoms with E-state index in [1.807, 2.05) is 0 Å². The molecule has 2 atom stereocenters. The molecular weight excluding hydrogens is 1200 g/mol. The smallest absolute Gasteiger partial charge is 0.478 e. The van der Waals surface area contributed by atoms with Crippen LogP contribution in [-0.2, 0) is 36.1 Å². The monoisotopic (exact) mass is 1260 g/mol. The number of nitrogens with zero attached hydrogens (tertiary/aromatic N) is 5. The Morgan fingerprint density at radius 2 is 1.16 bits per heavy atom. The van der Waals surface area contributed by atoms with Gasteiger partial charge >= 0.3 is 18.7 Å². The van der Waals surface area contributed by atoms with Crippen molar-refractivity contribution in [1.82, 2.24) is 29.5 Å². The van der Waals surface area contributed by atoms with E-state index in [1.165, 1.54) is 56.0 Å². The predicted molar refractivity (Wildman–Crippen MR) is 305 cm³/mol. The molecule has 4 N–H and O–H groups in total. The maximum absolute atomic E-state index is 13.6. The third kappa shape index (κ3) is 16.3. The van der Waals surface area contributed by atoms with Crippen molar-refractivity contribution in [2.45, 2.75) is 109 Å². The minimum Gasteiger partial charge on any atom is -0.478 e. The number of nitrogens with one attached hydrogen (secondary N) is 3. The summed E-state index contributed by atoms with van der Waals surface area (Å²) >= 11 is 0. The molecule has 6 aliphatic heterocycles. The molecule has 470 valence electrons. The highest BCUT2D eigenvalue weighted by Gasteiger charge is 2.49. The number of hydrogen-bond acceptors (Lipinski definition) is 13. The molecule has 4 aromatic rings. The van der Waals surface area contributed by atoms with Crippen LogP contribution in [0.15, 0.2) is 88.2 Å². The minimum atomic E-state index is -4.87. The maximum atomic E-state index is 13.6. The number of hydrogen-bond donors (Lipinski definition) is 4. The first-order chi connectivity index (χ1) is 40.7. The highest BCUT2D eigenvalue weighted by Crippen LogP contribution is 2.36. The maximum Gasteiger partial charge on any atom is 0.573 e. The first-order valence-corrected chi connectivity index (χ1v) is 30.8. The van der Waals surface area contributed by atoms with Gasteiger partial charge in [0.15, 0.2) is 0 Å². The summed E-state index contributed by atoms with van der Waals surface area (Å²) < 4.78 is 164. The summed E-state index contributed by atoms with van der Waals surface area (Å²) in [6.45, 7) is 8.98. The Hall–Kier alpha value is -7.34. The number of carboxylic acids is 1. The third-order valence-corrected chi connectivity index (χ3v) is 19.2. The van der Waals surface area contributed by atoms with Gasteiger partial charge in [-0.15, -0.1) is 26.3 Å². The SMILES string of the molecule is Cc1cc(C(=O)N2CC[C@@H](F)C2)cc(C)c1/C=C/S(=O)(=O)N1CCC2(CC1)N=C(c1cccc(OC(F)(F)F)c1)NC2=O.Cc1cc(C(=O)O)cc(C)c1CCS(=O)(=O)N1CCC2(CC1)N=C(c1cccc(OC(F)(F)F)c1)NC2=O.F[C@@H]1CCNC1. The number of carboxylic acid groups (broad SMARTS) is 1. The Labute approximate surface area is 497 Å². The zero-order valence-electron chi connectivity index (χ0n) is 47.7. The standard InChI is InChI=1S/C29H30F4N4O5S.C25H26F3N3O6S.C4H8FN/c1-18-14-21(26(38)36-10-6-22(30)17-36)15-19(2)24(18)7-13-43(40,41)37-11-8-28(9-12-37)27(39)34-25(35-28)20-4-3-5-23(16-20)42-29(31,32)33;1-15-12-18(22(32)33)13-16(2)20(15)6-11-38(35,36)31-9-7-24(8-10-31)23(34)29-21(30-24)17-4-3-5-19(14-17)37-25(26,27)28;5-4-1-2-6-3-4/h3-5,7,13-16,22H,6,8-12,17H2,1-2H3,(H,34,35,39);3-5,12-14H,6-11H2,1-2H3,(H,32,33)(H,29,30,34);4,6H,1-3H2/b13-7+;;/t22-;;4-/m1.1/s1. The van der Waals surface area contributed by atoms with Crippen LogP contribution in [0.3, 0.4) is 0 Å². The average Bonchev–Trinajstić information content (AvgIpc) is 1.83. The average molecular weight is 1270 g/mol. The summed E-state index contributed by atoms with van der Waals surface area (Å²) in [5.41, 5.74) is 2.78. The number of amidine groups is 2. The highest BCUT2D eigenvalue weighted by molar-refractivity contribution is 7.92. The van der Waals surface area contributed by atoms with E-state index >= 15 is 0 Å². The van der Waals surface area contributed by atoms with E-state index < -0.39 is 85.5 Å². The van der Waals surface area contributed by atoms with Gasteiger partial charge in [-0.1, -0.05) is 24.3 Å². The topological polar surface area (TPSA) is 246 Å². The van der Waals surface area contributed by atoms with Crippen molar-refractivity contribution in [1.29, 1.82) is 0 Å². The first-order valence-electron chi connectivity index (χ1n) is 27.7. The summed E-state index contributed by atoms with van der Waals surface area (Å²) in [5, 5.41) is 18.4. The van der Waals surface area contributed by atoms with Gasteiger partial charge in [-0.3, -0.25) is 24.4 Å². The normalized spacial score (nSPS) is 20.5. The Bertz CT molecular complexity index is 3570. The van der Waals surface area contributed by atoms with Gasteiger partial charge in [0.2, 0.25) is 20.0 Å². The van der Waals surface area contributed by atoms with Crippen molar-refractivity contribution in [2.24, 2.45) is 9.98 Å². The number of likely N-dealkylation sites (tertiary alicyclic amines) is 1. The van der Waals surface area contributed by atoms with Crippen LogP contribution in [0.2, 0.25) is 0 Å². The number of alkyl halides is 8. The number of amides is 3. The molecule has 0 radical (unpaired) electrons. The zero-order valence-corrected chi connectivity index (χ0v) is 49.3. The van der Waals surface area contributed by atoms with Gasteiger partial charge in [0.25, 0.3) is 17.7 Å². The Morgan fingerprint density at radius 1 is 0.678 bits per heavy atom. The largest absolute Gasteiger partial charge is 0.573 e. The van der Waals surface area contributed by atoms with Crippen LogP contribution in [0.4, 0.5) is 35.1 Å². The molecule has 0 saturated carbocycles. The number of sulfonamides is 2. The molecule has 0 aromatic heterocycles.